The standard InChI is InChI=1S/C18H28N4O3/c1-11(2)16(19)18(24)22-7-5-12(6-8-22)10-20-17(23)14-9-15(25-21-14)13-3-4-13/h9,11-13,16H,3-8,10,19H2,1-2H3,(H,20,23)/t16-/m0/s1. The van der Waals surface area contributed by atoms with Gasteiger partial charge in [-0.15, -0.1) is 0 Å². The molecule has 25 heavy (non-hydrogen) atoms. The van der Waals surface area contributed by atoms with E-state index in [2.05, 4.69) is 10.5 Å². The lowest BCUT2D eigenvalue weighted by Crippen LogP contribution is -2.50. The van der Waals surface area contributed by atoms with Gasteiger partial charge in [0.05, 0.1) is 6.04 Å². The van der Waals surface area contributed by atoms with Crippen LogP contribution in [0.3, 0.4) is 0 Å². The predicted octanol–water partition coefficient (Wildman–Crippen LogP) is 1.50. The second-order valence-electron chi connectivity index (χ2n) is 7.64. The molecular formula is C18H28N4O3. The first-order valence-corrected chi connectivity index (χ1v) is 9.25. The van der Waals surface area contributed by atoms with Crippen LogP contribution in [0.4, 0.5) is 0 Å². The van der Waals surface area contributed by atoms with Crippen molar-refractivity contribution in [2.24, 2.45) is 17.6 Å². The van der Waals surface area contributed by atoms with Gasteiger partial charge < -0.3 is 20.5 Å². The van der Waals surface area contributed by atoms with Crippen LogP contribution in [0.1, 0.15) is 61.7 Å². The molecule has 1 aromatic rings. The van der Waals surface area contributed by atoms with Gasteiger partial charge in [0, 0.05) is 31.6 Å². The van der Waals surface area contributed by atoms with E-state index in [9.17, 15) is 9.59 Å². The number of carbonyl (C=O) groups excluding carboxylic acids is 2. The van der Waals surface area contributed by atoms with Crippen molar-refractivity contribution < 1.29 is 14.1 Å². The summed E-state index contributed by atoms with van der Waals surface area (Å²) < 4.78 is 5.22. The number of nitrogens with one attached hydrogen (secondary N) is 1. The molecule has 2 heterocycles. The molecule has 1 aliphatic heterocycles. The number of nitrogens with two attached hydrogens (primary N) is 1. The average Bonchev–Trinajstić information content (AvgIpc) is 3.35. The Balaban J connectivity index is 1.41. The number of hydrogen-bond acceptors (Lipinski definition) is 5. The van der Waals surface area contributed by atoms with E-state index < -0.39 is 6.04 Å². The van der Waals surface area contributed by atoms with E-state index in [0.29, 0.717) is 37.2 Å². The molecule has 7 heteroatoms. The molecule has 3 rings (SSSR count). The lowest BCUT2D eigenvalue weighted by molar-refractivity contribution is -0.134. The number of aromatic nitrogens is 1. The lowest BCUT2D eigenvalue weighted by atomic mass is 9.95. The first-order chi connectivity index (χ1) is 12.0. The Morgan fingerprint density at radius 1 is 1.32 bits per heavy atom. The minimum atomic E-state index is -0.427. The number of piperidine rings is 1. The highest BCUT2D eigenvalue weighted by Crippen LogP contribution is 2.40. The number of likely N-dealkylation sites (tertiary alicyclic amines) is 1. The molecule has 138 valence electrons. The number of carbonyl (C=O) groups is 2. The Hall–Kier alpha value is -1.89. The molecule has 1 saturated heterocycles. The quantitative estimate of drug-likeness (QED) is 0.811. The van der Waals surface area contributed by atoms with Gasteiger partial charge in [-0.2, -0.15) is 0 Å². The average molecular weight is 348 g/mol. The summed E-state index contributed by atoms with van der Waals surface area (Å²) in [6.07, 6.45) is 3.99. The summed E-state index contributed by atoms with van der Waals surface area (Å²) in [5.41, 5.74) is 6.31. The zero-order chi connectivity index (χ0) is 18.0. The maximum atomic E-state index is 12.3. The maximum absolute atomic E-state index is 12.3. The van der Waals surface area contributed by atoms with E-state index in [4.69, 9.17) is 10.3 Å². The molecule has 0 bridgehead atoms. The van der Waals surface area contributed by atoms with Crippen molar-refractivity contribution in [1.29, 1.82) is 0 Å². The van der Waals surface area contributed by atoms with Gasteiger partial charge in [0.1, 0.15) is 5.76 Å². The van der Waals surface area contributed by atoms with Crippen molar-refractivity contribution >= 4 is 11.8 Å². The summed E-state index contributed by atoms with van der Waals surface area (Å²) in [5.74, 6) is 1.64. The SMILES string of the molecule is CC(C)[C@H](N)C(=O)N1CCC(CNC(=O)c2cc(C3CC3)on2)CC1. The summed E-state index contributed by atoms with van der Waals surface area (Å²) in [6.45, 7) is 5.93. The van der Waals surface area contributed by atoms with E-state index >= 15 is 0 Å². The molecular weight excluding hydrogens is 320 g/mol. The predicted molar refractivity (Wildman–Crippen MR) is 92.9 cm³/mol. The van der Waals surface area contributed by atoms with Crippen LogP contribution in [-0.4, -0.2) is 47.5 Å². The van der Waals surface area contributed by atoms with E-state index in [1.165, 1.54) is 0 Å². The summed E-state index contributed by atoms with van der Waals surface area (Å²) in [7, 11) is 0. The zero-order valence-corrected chi connectivity index (χ0v) is 15.0. The normalized spacial score (nSPS) is 19.9. The van der Waals surface area contributed by atoms with Gasteiger partial charge in [-0.05, 0) is 37.5 Å². The molecule has 2 fully saturated rings. The minimum absolute atomic E-state index is 0.0349. The zero-order valence-electron chi connectivity index (χ0n) is 15.0. The largest absolute Gasteiger partial charge is 0.360 e. The fraction of sp³-hybridized carbons (Fsp3) is 0.722. The molecule has 2 amide bonds. The minimum Gasteiger partial charge on any atom is -0.360 e. The maximum Gasteiger partial charge on any atom is 0.273 e. The third kappa shape index (κ3) is 4.39. The van der Waals surface area contributed by atoms with Crippen molar-refractivity contribution in [3.8, 4) is 0 Å². The van der Waals surface area contributed by atoms with E-state index in [1.807, 2.05) is 18.7 Å². The molecule has 1 atom stereocenters. The fourth-order valence-electron chi connectivity index (χ4n) is 3.14. The van der Waals surface area contributed by atoms with Gasteiger partial charge >= 0.3 is 0 Å². The van der Waals surface area contributed by atoms with Crippen molar-refractivity contribution in [2.45, 2.75) is 51.5 Å². The van der Waals surface area contributed by atoms with Gasteiger partial charge in [0.15, 0.2) is 5.69 Å². The lowest BCUT2D eigenvalue weighted by Gasteiger charge is -2.34. The van der Waals surface area contributed by atoms with Gasteiger partial charge in [0.25, 0.3) is 5.91 Å². The summed E-state index contributed by atoms with van der Waals surface area (Å²) in [6, 6.07) is 1.32. The summed E-state index contributed by atoms with van der Waals surface area (Å²) >= 11 is 0. The number of nitrogens with zero attached hydrogens (tertiary/aromatic N) is 2. The van der Waals surface area contributed by atoms with Crippen LogP contribution in [0.5, 0.6) is 0 Å². The molecule has 2 aliphatic rings. The van der Waals surface area contributed by atoms with Gasteiger partial charge in [-0.3, -0.25) is 9.59 Å². The van der Waals surface area contributed by atoms with Crippen molar-refractivity contribution in [3.05, 3.63) is 17.5 Å². The Labute approximate surface area is 148 Å². The van der Waals surface area contributed by atoms with Crippen LogP contribution >= 0.6 is 0 Å². The van der Waals surface area contributed by atoms with E-state index in [-0.39, 0.29) is 17.7 Å². The molecule has 7 nitrogen and oxygen atoms in total. The monoisotopic (exact) mass is 348 g/mol. The van der Waals surface area contributed by atoms with Crippen LogP contribution in [0.15, 0.2) is 10.6 Å². The highest BCUT2D eigenvalue weighted by atomic mass is 16.5. The highest BCUT2D eigenvalue weighted by molar-refractivity contribution is 5.92. The molecule has 0 spiro atoms. The molecule has 1 aromatic heterocycles. The Kier molecular flexibility index (Phi) is 5.42. The number of hydrogen-bond donors (Lipinski definition) is 2. The Morgan fingerprint density at radius 2 is 2.00 bits per heavy atom. The summed E-state index contributed by atoms with van der Waals surface area (Å²) in [5, 5.41) is 6.80. The van der Waals surface area contributed by atoms with Crippen LogP contribution in [-0.2, 0) is 4.79 Å². The molecule has 0 radical (unpaired) electrons. The third-order valence-corrected chi connectivity index (χ3v) is 5.22. The van der Waals surface area contributed by atoms with E-state index in [0.717, 1.165) is 31.4 Å². The number of rotatable bonds is 6. The van der Waals surface area contributed by atoms with E-state index in [1.54, 1.807) is 6.07 Å². The number of amides is 2. The first kappa shape index (κ1) is 17.9. The fourth-order valence-corrected chi connectivity index (χ4v) is 3.14. The molecule has 1 aliphatic carbocycles. The van der Waals surface area contributed by atoms with Crippen molar-refractivity contribution in [1.82, 2.24) is 15.4 Å². The topological polar surface area (TPSA) is 101 Å². The Bertz CT molecular complexity index is 616. The van der Waals surface area contributed by atoms with Crippen LogP contribution in [0, 0.1) is 11.8 Å². The van der Waals surface area contributed by atoms with Crippen LogP contribution in [0.2, 0.25) is 0 Å². The van der Waals surface area contributed by atoms with Crippen molar-refractivity contribution in [2.75, 3.05) is 19.6 Å². The Morgan fingerprint density at radius 3 is 2.60 bits per heavy atom. The van der Waals surface area contributed by atoms with Gasteiger partial charge in [-0.1, -0.05) is 19.0 Å². The molecule has 0 aromatic carbocycles. The molecule has 1 saturated carbocycles. The van der Waals surface area contributed by atoms with Crippen LogP contribution in [0.25, 0.3) is 0 Å². The third-order valence-electron chi connectivity index (χ3n) is 5.22. The van der Waals surface area contributed by atoms with Gasteiger partial charge in [0.2, 0.25) is 5.91 Å². The van der Waals surface area contributed by atoms with Gasteiger partial charge in [-0.25, -0.2) is 0 Å². The second-order valence-corrected chi connectivity index (χ2v) is 7.64. The molecule has 3 N–H and O–H groups in total. The summed E-state index contributed by atoms with van der Waals surface area (Å²) in [4.78, 5) is 26.3. The second kappa shape index (κ2) is 7.56. The first-order valence-electron chi connectivity index (χ1n) is 9.25. The highest BCUT2D eigenvalue weighted by Gasteiger charge is 2.30. The van der Waals surface area contributed by atoms with Crippen LogP contribution < -0.4 is 11.1 Å². The van der Waals surface area contributed by atoms with Crippen molar-refractivity contribution in [3.63, 3.8) is 0 Å². The molecule has 0 unspecified atom stereocenters. The smallest absolute Gasteiger partial charge is 0.273 e.